The van der Waals surface area contributed by atoms with Gasteiger partial charge in [-0.15, -0.1) is 6.58 Å². The van der Waals surface area contributed by atoms with Crippen LogP contribution in [0.25, 0.3) is 10.9 Å². The zero-order chi connectivity index (χ0) is 22.9. The van der Waals surface area contributed by atoms with E-state index in [1.807, 2.05) is 18.3 Å². The van der Waals surface area contributed by atoms with Crippen LogP contribution in [0.5, 0.6) is 5.75 Å². The summed E-state index contributed by atoms with van der Waals surface area (Å²) in [6.07, 6.45) is 6.45. The molecule has 2 N–H and O–H groups in total. The van der Waals surface area contributed by atoms with Crippen molar-refractivity contribution in [3.63, 3.8) is 0 Å². The minimum absolute atomic E-state index is 0.0705. The van der Waals surface area contributed by atoms with E-state index in [-0.39, 0.29) is 11.5 Å². The third-order valence-corrected chi connectivity index (χ3v) is 7.18. The highest BCUT2D eigenvalue weighted by atomic mass is 32.1. The molecule has 0 aliphatic carbocycles. The Labute approximate surface area is 197 Å². The molecule has 1 unspecified atom stereocenters. The standard InChI is InChI=1S/C26H36N4OS/c1-6-17-15-30-12-10-18(17)13-23(30)24(29-25(32)28-16-26(2,3)4)20-9-11-27-22-8-7-19(31-5)14-21(20)22/h6-9,11,14,17-18,23-24H,1,10,12-13,15-16H2,2-5H3,(H2,28,29,32)/t17-,18-,23-,24-/m0/s1. The molecule has 0 radical (unpaired) electrons. The second-order valence-electron chi connectivity index (χ2n) is 10.4. The molecule has 0 amide bonds. The zero-order valence-corrected chi connectivity index (χ0v) is 20.5. The van der Waals surface area contributed by atoms with Gasteiger partial charge in [-0.3, -0.25) is 9.88 Å². The van der Waals surface area contributed by atoms with Crippen LogP contribution in [0, 0.1) is 17.3 Å². The lowest BCUT2D eigenvalue weighted by Crippen LogP contribution is -2.58. The molecule has 0 spiro atoms. The predicted molar refractivity (Wildman–Crippen MR) is 136 cm³/mol. The fraction of sp³-hybridized carbons (Fsp3) is 0.538. The van der Waals surface area contributed by atoms with Crippen molar-refractivity contribution >= 4 is 28.2 Å². The van der Waals surface area contributed by atoms with Gasteiger partial charge in [0.2, 0.25) is 0 Å². The van der Waals surface area contributed by atoms with Crippen LogP contribution in [-0.2, 0) is 0 Å². The Balaban J connectivity index is 1.69. The van der Waals surface area contributed by atoms with E-state index in [0.717, 1.165) is 42.7 Å². The number of aromatic nitrogens is 1. The maximum absolute atomic E-state index is 5.77. The maximum Gasteiger partial charge on any atom is 0.166 e. The summed E-state index contributed by atoms with van der Waals surface area (Å²) < 4.78 is 5.53. The second-order valence-corrected chi connectivity index (χ2v) is 10.8. The van der Waals surface area contributed by atoms with Gasteiger partial charge in [0.1, 0.15) is 5.75 Å². The summed E-state index contributed by atoms with van der Waals surface area (Å²) in [5.41, 5.74) is 2.35. The quantitative estimate of drug-likeness (QED) is 0.490. The Morgan fingerprint density at radius 1 is 1.38 bits per heavy atom. The molecule has 172 valence electrons. The van der Waals surface area contributed by atoms with Crippen LogP contribution in [0.4, 0.5) is 0 Å². The molecule has 5 rings (SSSR count). The normalized spacial score (nSPS) is 25.9. The number of thiocarbonyl (C=S) groups is 1. The monoisotopic (exact) mass is 452 g/mol. The van der Waals surface area contributed by atoms with E-state index in [9.17, 15) is 0 Å². The third kappa shape index (κ3) is 4.91. The molecular weight excluding hydrogens is 416 g/mol. The lowest BCUT2D eigenvalue weighted by Gasteiger charge is -2.52. The number of benzene rings is 1. The SMILES string of the molecule is C=C[C@H]1CN2CC[C@H]1C[C@H]2[C@@H](NC(=S)NCC(C)(C)C)c1ccnc2ccc(OC)cc12. The van der Waals surface area contributed by atoms with Crippen molar-refractivity contribution in [3.05, 3.63) is 48.7 Å². The van der Waals surface area contributed by atoms with Crippen LogP contribution >= 0.6 is 12.2 Å². The fourth-order valence-electron chi connectivity index (χ4n) is 5.19. The number of piperidine rings is 3. The highest BCUT2D eigenvalue weighted by molar-refractivity contribution is 7.80. The number of pyridine rings is 1. The van der Waals surface area contributed by atoms with E-state index in [4.69, 9.17) is 17.0 Å². The molecule has 2 bridgehead atoms. The first-order valence-electron chi connectivity index (χ1n) is 11.6. The number of ether oxygens (including phenoxy) is 1. The van der Waals surface area contributed by atoms with E-state index in [1.165, 1.54) is 12.0 Å². The van der Waals surface area contributed by atoms with Gasteiger partial charge >= 0.3 is 0 Å². The molecule has 0 saturated carbocycles. The number of hydrogen-bond acceptors (Lipinski definition) is 4. The van der Waals surface area contributed by atoms with E-state index >= 15 is 0 Å². The summed E-state index contributed by atoms with van der Waals surface area (Å²) >= 11 is 5.77. The van der Waals surface area contributed by atoms with Crippen LogP contribution in [0.3, 0.4) is 0 Å². The second kappa shape index (κ2) is 9.36. The van der Waals surface area contributed by atoms with Crippen molar-refractivity contribution in [2.45, 2.75) is 45.7 Å². The van der Waals surface area contributed by atoms with Crippen molar-refractivity contribution in [2.24, 2.45) is 17.3 Å². The number of hydrogen-bond donors (Lipinski definition) is 2. The molecular formula is C26H36N4OS. The molecule has 6 heteroatoms. The van der Waals surface area contributed by atoms with Crippen LogP contribution in [0.2, 0.25) is 0 Å². The molecule has 1 aromatic carbocycles. The number of fused-ring (bicyclic) bond motifs is 4. The molecule has 3 saturated heterocycles. The smallest absolute Gasteiger partial charge is 0.166 e. The Kier molecular flexibility index (Phi) is 6.72. The molecule has 5 atom stereocenters. The summed E-state index contributed by atoms with van der Waals surface area (Å²) in [4.78, 5) is 7.23. The molecule has 5 nitrogen and oxygen atoms in total. The molecule has 3 aliphatic rings. The summed E-state index contributed by atoms with van der Waals surface area (Å²) in [7, 11) is 1.71. The number of nitrogens with one attached hydrogen (secondary N) is 2. The predicted octanol–water partition coefficient (Wildman–Crippen LogP) is 4.69. The lowest BCUT2D eigenvalue weighted by atomic mass is 9.73. The van der Waals surface area contributed by atoms with Gasteiger partial charge < -0.3 is 15.4 Å². The number of nitrogens with zero attached hydrogens (tertiary/aromatic N) is 2. The van der Waals surface area contributed by atoms with Crippen molar-refractivity contribution in [2.75, 3.05) is 26.7 Å². The van der Waals surface area contributed by atoms with Gasteiger partial charge in [-0.1, -0.05) is 26.8 Å². The highest BCUT2D eigenvalue weighted by Crippen LogP contribution is 2.42. The highest BCUT2D eigenvalue weighted by Gasteiger charge is 2.43. The van der Waals surface area contributed by atoms with Gasteiger partial charge in [0.25, 0.3) is 0 Å². The Hall–Kier alpha value is -2.18. The third-order valence-electron chi connectivity index (χ3n) is 6.92. The van der Waals surface area contributed by atoms with E-state index in [0.29, 0.717) is 23.0 Å². The summed E-state index contributed by atoms with van der Waals surface area (Å²) in [5.74, 6) is 2.11. The Morgan fingerprint density at radius 2 is 2.19 bits per heavy atom. The van der Waals surface area contributed by atoms with Gasteiger partial charge in [-0.2, -0.15) is 0 Å². The molecule has 1 aromatic heterocycles. The zero-order valence-electron chi connectivity index (χ0n) is 19.7. The van der Waals surface area contributed by atoms with Crippen molar-refractivity contribution in [1.29, 1.82) is 0 Å². The van der Waals surface area contributed by atoms with Crippen LogP contribution in [-0.4, -0.2) is 47.8 Å². The number of rotatable bonds is 6. The molecule has 32 heavy (non-hydrogen) atoms. The van der Waals surface area contributed by atoms with Gasteiger partial charge in [-0.25, -0.2) is 0 Å². The summed E-state index contributed by atoms with van der Waals surface area (Å²) in [6.45, 7) is 13.8. The summed E-state index contributed by atoms with van der Waals surface area (Å²) in [6, 6.07) is 8.68. The minimum Gasteiger partial charge on any atom is -0.497 e. The summed E-state index contributed by atoms with van der Waals surface area (Å²) in [5, 5.41) is 8.97. The Bertz CT molecular complexity index is 985. The van der Waals surface area contributed by atoms with Crippen LogP contribution < -0.4 is 15.4 Å². The Morgan fingerprint density at radius 3 is 2.84 bits per heavy atom. The first-order chi connectivity index (χ1) is 15.3. The van der Waals surface area contributed by atoms with Crippen LogP contribution in [0.1, 0.15) is 45.2 Å². The first-order valence-corrected chi connectivity index (χ1v) is 12.0. The van der Waals surface area contributed by atoms with Gasteiger partial charge in [0.05, 0.1) is 18.7 Å². The van der Waals surface area contributed by atoms with Crippen LogP contribution in [0.15, 0.2) is 43.1 Å². The van der Waals surface area contributed by atoms with Crippen molar-refractivity contribution in [1.82, 2.24) is 20.5 Å². The molecule has 3 aliphatic heterocycles. The average molecular weight is 453 g/mol. The molecule has 4 heterocycles. The van der Waals surface area contributed by atoms with Crippen molar-refractivity contribution in [3.8, 4) is 5.75 Å². The van der Waals surface area contributed by atoms with E-state index in [2.05, 4.69) is 66.1 Å². The topological polar surface area (TPSA) is 49.4 Å². The van der Waals surface area contributed by atoms with Gasteiger partial charge in [0, 0.05) is 30.7 Å². The largest absolute Gasteiger partial charge is 0.497 e. The van der Waals surface area contributed by atoms with Gasteiger partial charge in [-0.05, 0) is 78.7 Å². The maximum atomic E-state index is 5.77. The van der Waals surface area contributed by atoms with Crippen molar-refractivity contribution < 1.29 is 4.74 Å². The number of methoxy groups -OCH3 is 1. The molecule has 2 aromatic rings. The first kappa shape index (κ1) is 23.0. The van der Waals surface area contributed by atoms with Gasteiger partial charge in [0.15, 0.2) is 5.11 Å². The lowest BCUT2D eigenvalue weighted by molar-refractivity contribution is 0.00428. The fourth-order valence-corrected chi connectivity index (χ4v) is 5.39. The van der Waals surface area contributed by atoms with E-state index in [1.54, 1.807) is 7.11 Å². The van der Waals surface area contributed by atoms with E-state index < -0.39 is 0 Å². The molecule has 3 fully saturated rings. The average Bonchev–Trinajstić information content (AvgIpc) is 2.80. The minimum atomic E-state index is 0.0705.